The highest BCUT2D eigenvalue weighted by atomic mass is 19.2. The molecule has 0 unspecified atom stereocenters. The number of amides is 1. The highest BCUT2D eigenvalue weighted by molar-refractivity contribution is 5.76. The molecule has 0 saturated carbocycles. The molecule has 2 nitrogen and oxygen atoms in total. The molecule has 0 heterocycles. The van der Waals surface area contributed by atoms with Crippen molar-refractivity contribution in [2.24, 2.45) is 5.41 Å². The molecule has 0 radical (unpaired) electrons. The molecule has 0 atom stereocenters. The standard InChI is InChI=1S/C14H19F2NO/c1-14(2,3)9-13(18)17-7-6-10-4-5-11(15)12(16)8-10/h4-5,8H,6-7,9H2,1-3H3,(H,17,18). The maximum absolute atomic E-state index is 12.9. The molecule has 0 bridgehead atoms. The van der Waals surface area contributed by atoms with E-state index in [2.05, 4.69) is 5.32 Å². The van der Waals surface area contributed by atoms with Gasteiger partial charge in [0, 0.05) is 13.0 Å². The first-order valence-electron chi connectivity index (χ1n) is 5.98. The maximum Gasteiger partial charge on any atom is 0.220 e. The van der Waals surface area contributed by atoms with E-state index in [0.717, 1.165) is 12.1 Å². The third kappa shape index (κ3) is 5.25. The molecule has 0 aromatic heterocycles. The zero-order chi connectivity index (χ0) is 13.8. The lowest BCUT2D eigenvalue weighted by molar-refractivity contribution is -0.122. The third-order valence-corrected chi connectivity index (χ3v) is 2.41. The van der Waals surface area contributed by atoms with Gasteiger partial charge in [-0.2, -0.15) is 0 Å². The quantitative estimate of drug-likeness (QED) is 0.880. The van der Waals surface area contributed by atoms with Gasteiger partial charge in [-0.3, -0.25) is 4.79 Å². The summed E-state index contributed by atoms with van der Waals surface area (Å²) in [5, 5.41) is 2.77. The molecule has 0 aliphatic rings. The van der Waals surface area contributed by atoms with Crippen molar-refractivity contribution >= 4 is 5.91 Å². The normalized spacial score (nSPS) is 11.4. The summed E-state index contributed by atoms with van der Waals surface area (Å²) >= 11 is 0. The molecule has 0 aliphatic heterocycles. The number of hydrogen-bond acceptors (Lipinski definition) is 1. The fourth-order valence-corrected chi connectivity index (χ4v) is 1.59. The zero-order valence-electron chi connectivity index (χ0n) is 11.0. The first-order valence-corrected chi connectivity index (χ1v) is 5.98. The molecular weight excluding hydrogens is 236 g/mol. The predicted molar refractivity (Wildman–Crippen MR) is 67.1 cm³/mol. The van der Waals surface area contributed by atoms with Crippen LogP contribution in [0.15, 0.2) is 18.2 Å². The fraction of sp³-hybridized carbons (Fsp3) is 0.500. The summed E-state index contributed by atoms with van der Waals surface area (Å²) < 4.78 is 25.6. The summed E-state index contributed by atoms with van der Waals surface area (Å²) in [6, 6.07) is 3.78. The van der Waals surface area contributed by atoms with Gasteiger partial charge in [0.05, 0.1) is 0 Å². The summed E-state index contributed by atoms with van der Waals surface area (Å²) in [6.07, 6.45) is 0.942. The monoisotopic (exact) mass is 255 g/mol. The van der Waals surface area contributed by atoms with E-state index in [0.29, 0.717) is 24.9 Å². The molecule has 0 aliphatic carbocycles. The molecule has 18 heavy (non-hydrogen) atoms. The Morgan fingerprint density at radius 2 is 1.89 bits per heavy atom. The molecule has 1 amide bonds. The number of halogens is 2. The van der Waals surface area contributed by atoms with E-state index in [-0.39, 0.29) is 11.3 Å². The molecule has 1 N–H and O–H groups in total. The first-order chi connectivity index (χ1) is 8.28. The number of carbonyl (C=O) groups is 1. The average Bonchev–Trinajstić information content (AvgIpc) is 2.20. The summed E-state index contributed by atoms with van der Waals surface area (Å²) in [4.78, 5) is 11.5. The van der Waals surface area contributed by atoms with Crippen LogP contribution in [-0.2, 0) is 11.2 Å². The first kappa shape index (κ1) is 14.6. The molecule has 100 valence electrons. The second-order valence-corrected chi connectivity index (χ2v) is 5.59. The molecular formula is C14H19F2NO. The minimum absolute atomic E-state index is 0.0231. The number of nitrogens with one attached hydrogen (secondary N) is 1. The Kier molecular flexibility index (Phi) is 4.82. The minimum atomic E-state index is -0.853. The molecule has 1 aromatic rings. The second kappa shape index (κ2) is 5.94. The summed E-state index contributed by atoms with van der Waals surface area (Å²) in [7, 11) is 0. The number of hydrogen-bond donors (Lipinski definition) is 1. The van der Waals surface area contributed by atoms with Gasteiger partial charge in [0.15, 0.2) is 11.6 Å². The zero-order valence-corrected chi connectivity index (χ0v) is 11.0. The minimum Gasteiger partial charge on any atom is -0.356 e. The summed E-state index contributed by atoms with van der Waals surface area (Å²) in [5.41, 5.74) is 0.622. The Hall–Kier alpha value is -1.45. The van der Waals surface area contributed by atoms with Crippen LogP contribution >= 0.6 is 0 Å². The Morgan fingerprint density at radius 3 is 2.44 bits per heavy atom. The van der Waals surface area contributed by atoms with Gasteiger partial charge in [-0.1, -0.05) is 26.8 Å². The van der Waals surface area contributed by atoms with Gasteiger partial charge in [-0.15, -0.1) is 0 Å². The van der Waals surface area contributed by atoms with Crippen LogP contribution < -0.4 is 5.32 Å². The highest BCUT2D eigenvalue weighted by Crippen LogP contribution is 2.17. The van der Waals surface area contributed by atoms with Crippen molar-refractivity contribution in [3.8, 4) is 0 Å². The molecule has 1 aromatic carbocycles. The van der Waals surface area contributed by atoms with E-state index in [1.165, 1.54) is 6.07 Å². The van der Waals surface area contributed by atoms with Crippen LogP contribution in [-0.4, -0.2) is 12.5 Å². The van der Waals surface area contributed by atoms with Crippen LogP contribution in [0.3, 0.4) is 0 Å². The number of benzene rings is 1. The van der Waals surface area contributed by atoms with Crippen LogP contribution in [0.5, 0.6) is 0 Å². The van der Waals surface area contributed by atoms with Crippen molar-refractivity contribution in [2.45, 2.75) is 33.6 Å². The summed E-state index contributed by atoms with van der Waals surface area (Å²) in [5.74, 6) is -1.73. The second-order valence-electron chi connectivity index (χ2n) is 5.59. The van der Waals surface area contributed by atoms with Crippen LogP contribution in [0.4, 0.5) is 8.78 Å². The fourth-order valence-electron chi connectivity index (χ4n) is 1.59. The summed E-state index contributed by atoms with van der Waals surface area (Å²) in [6.45, 7) is 6.39. The Labute approximate surface area is 106 Å². The SMILES string of the molecule is CC(C)(C)CC(=O)NCCc1ccc(F)c(F)c1. The van der Waals surface area contributed by atoms with Gasteiger partial charge in [-0.25, -0.2) is 8.78 Å². The van der Waals surface area contributed by atoms with E-state index in [1.807, 2.05) is 20.8 Å². The Bertz CT molecular complexity index is 424. The van der Waals surface area contributed by atoms with E-state index in [9.17, 15) is 13.6 Å². The van der Waals surface area contributed by atoms with Crippen molar-refractivity contribution in [3.63, 3.8) is 0 Å². The lowest BCUT2D eigenvalue weighted by Gasteiger charge is -2.17. The van der Waals surface area contributed by atoms with Gasteiger partial charge < -0.3 is 5.32 Å². The van der Waals surface area contributed by atoms with Gasteiger partial charge in [0.1, 0.15) is 0 Å². The third-order valence-electron chi connectivity index (χ3n) is 2.41. The van der Waals surface area contributed by atoms with E-state index < -0.39 is 11.6 Å². The molecule has 4 heteroatoms. The number of carbonyl (C=O) groups excluding carboxylic acids is 1. The van der Waals surface area contributed by atoms with Crippen molar-refractivity contribution in [3.05, 3.63) is 35.4 Å². The molecule has 1 rings (SSSR count). The van der Waals surface area contributed by atoms with Gasteiger partial charge in [0.25, 0.3) is 0 Å². The molecule has 0 fully saturated rings. The lowest BCUT2D eigenvalue weighted by atomic mass is 9.92. The topological polar surface area (TPSA) is 29.1 Å². The maximum atomic E-state index is 12.9. The van der Waals surface area contributed by atoms with E-state index in [4.69, 9.17) is 0 Å². The molecule has 0 saturated heterocycles. The van der Waals surface area contributed by atoms with Crippen LogP contribution in [0.25, 0.3) is 0 Å². The Balaban J connectivity index is 2.38. The molecule has 0 spiro atoms. The largest absolute Gasteiger partial charge is 0.356 e. The Morgan fingerprint density at radius 1 is 1.22 bits per heavy atom. The lowest BCUT2D eigenvalue weighted by Crippen LogP contribution is -2.29. The van der Waals surface area contributed by atoms with Crippen LogP contribution in [0.2, 0.25) is 0 Å². The van der Waals surface area contributed by atoms with E-state index >= 15 is 0 Å². The predicted octanol–water partition coefficient (Wildman–Crippen LogP) is 3.06. The van der Waals surface area contributed by atoms with E-state index in [1.54, 1.807) is 0 Å². The van der Waals surface area contributed by atoms with Crippen molar-refractivity contribution in [1.29, 1.82) is 0 Å². The van der Waals surface area contributed by atoms with Crippen LogP contribution in [0, 0.1) is 17.0 Å². The van der Waals surface area contributed by atoms with Gasteiger partial charge in [0.2, 0.25) is 5.91 Å². The van der Waals surface area contributed by atoms with Crippen molar-refractivity contribution in [1.82, 2.24) is 5.32 Å². The smallest absolute Gasteiger partial charge is 0.220 e. The number of rotatable bonds is 4. The van der Waals surface area contributed by atoms with Gasteiger partial charge >= 0.3 is 0 Å². The van der Waals surface area contributed by atoms with Gasteiger partial charge in [-0.05, 0) is 29.5 Å². The highest BCUT2D eigenvalue weighted by Gasteiger charge is 2.15. The van der Waals surface area contributed by atoms with Crippen molar-refractivity contribution < 1.29 is 13.6 Å². The van der Waals surface area contributed by atoms with Crippen LogP contribution in [0.1, 0.15) is 32.8 Å². The average molecular weight is 255 g/mol. The van der Waals surface area contributed by atoms with Crippen molar-refractivity contribution in [2.75, 3.05) is 6.54 Å².